The fourth-order valence-electron chi connectivity index (χ4n) is 4.34. The van der Waals surface area contributed by atoms with E-state index < -0.39 is 5.97 Å². The van der Waals surface area contributed by atoms with Crippen LogP contribution < -0.4 is 0 Å². The minimum atomic E-state index is -0.925. The number of aromatic nitrogens is 1. The third-order valence-electron chi connectivity index (χ3n) is 5.89. The van der Waals surface area contributed by atoms with Gasteiger partial charge in [-0.15, -0.1) is 0 Å². The van der Waals surface area contributed by atoms with Gasteiger partial charge in [0.2, 0.25) is 0 Å². The van der Waals surface area contributed by atoms with Crippen molar-refractivity contribution in [2.75, 3.05) is 32.8 Å². The molecule has 1 N–H and O–H groups in total. The van der Waals surface area contributed by atoms with Gasteiger partial charge in [0.15, 0.2) is 0 Å². The Kier molecular flexibility index (Phi) is 6.45. The van der Waals surface area contributed by atoms with Crippen LogP contribution in [0.15, 0.2) is 54.7 Å². The first-order chi connectivity index (χ1) is 14.6. The monoisotopic (exact) mass is 410 g/mol. The second-order valence-electron chi connectivity index (χ2n) is 7.92. The maximum Gasteiger partial charge on any atom is 0.329 e. The lowest BCUT2D eigenvalue weighted by molar-refractivity contribution is -0.142. The van der Waals surface area contributed by atoms with E-state index in [2.05, 4.69) is 39.9 Å². The number of halogens is 1. The van der Waals surface area contributed by atoms with Crippen LogP contribution in [0.2, 0.25) is 0 Å². The molecule has 1 aliphatic rings. The van der Waals surface area contributed by atoms with Gasteiger partial charge in [-0.2, -0.15) is 0 Å². The Hall–Kier alpha value is -2.70. The Balaban J connectivity index is 1.43. The van der Waals surface area contributed by atoms with Gasteiger partial charge in [0.25, 0.3) is 0 Å². The Labute approximate surface area is 175 Å². The van der Waals surface area contributed by atoms with E-state index in [0.29, 0.717) is 12.5 Å². The topological polar surface area (TPSA) is 54.7 Å². The molecule has 0 spiro atoms. The van der Waals surface area contributed by atoms with E-state index >= 15 is 0 Å². The number of hydrogen-bond donors (Lipinski definition) is 1. The molecule has 0 aliphatic carbocycles. The molecule has 1 aliphatic heterocycles. The number of rotatable bonds is 8. The average Bonchev–Trinajstić information content (AvgIpc) is 3.12. The van der Waals surface area contributed by atoms with Gasteiger partial charge in [-0.3, -0.25) is 0 Å². The molecule has 1 saturated heterocycles. The van der Waals surface area contributed by atoms with Crippen LogP contribution in [0.5, 0.6) is 0 Å². The smallest absolute Gasteiger partial charge is 0.329 e. The summed E-state index contributed by atoms with van der Waals surface area (Å²) in [4.78, 5) is 12.9. The zero-order chi connectivity index (χ0) is 20.9. The van der Waals surface area contributed by atoms with Crippen LogP contribution in [0.1, 0.15) is 29.9 Å². The van der Waals surface area contributed by atoms with Crippen LogP contribution in [0.4, 0.5) is 4.39 Å². The van der Waals surface area contributed by atoms with E-state index in [-0.39, 0.29) is 12.4 Å². The van der Waals surface area contributed by atoms with Gasteiger partial charge in [-0.1, -0.05) is 30.3 Å². The molecule has 0 unspecified atom stereocenters. The minimum absolute atomic E-state index is 0.211. The van der Waals surface area contributed by atoms with Crippen LogP contribution in [-0.4, -0.2) is 53.4 Å². The second kappa shape index (κ2) is 9.41. The maximum absolute atomic E-state index is 13.2. The summed E-state index contributed by atoms with van der Waals surface area (Å²) in [5.74, 6) is -0.636. The lowest BCUT2D eigenvalue weighted by Gasteiger charge is -2.31. The van der Waals surface area contributed by atoms with Crippen LogP contribution in [0.3, 0.4) is 0 Å². The molecule has 6 heteroatoms. The Morgan fingerprint density at radius 2 is 1.83 bits per heavy atom. The Bertz CT molecular complexity index is 991. The molecule has 0 bridgehead atoms. The van der Waals surface area contributed by atoms with Crippen molar-refractivity contribution in [3.8, 4) is 0 Å². The number of carboxylic acid groups (broad SMARTS) is 1. The molecule has 1 aromatic heterocycles. The molecule has 158 valence electrons. The van der Waals surface area contributed by atoms with E-state index in [9.17, 15) is 9.18 Å². The van der Waals surface area contributed by atoms with Gasteiger partial charge in [-0.25, -0.2) is 9.18 Å². The lowest BCUT2D eigenvalue weighted by Crippen LogP contribution is -2.35. The molecule has 3 aromatic rings. The summed E-state index contributed by atoms with van der Waals surface area (Å²) in [7, 11) is 0. The van der Waals surface area contributed by atoms with E-state index in [1.165, 1.54) is 28.6 Å². The fraction of sp³-hybridized carbons (Fsp3) is 0.375. The number of hydrogen-bond acceptors (Lipinski definition) is 3. The van der Waals surface area contributed by atoms with Crippen molar-refractivity contribution in [2.45, 2.75) is 25.3 Å². The third kappa shape index (κ3) is 4.89. The number of aliphatic carboxylic acids is 1. The van der Waals surface area contributed by atoms with Crippen molar-refractivity contribution in [3.63, 3.8) is 0 Å². The van der Waals surface area contributed by atoms with Crippen LogP contribution in [-0.2, 0) is 16.1 Å². The maximum atomic E-state index is 13.2. The predicted molar refractivity (Wildman–Crippen MR) is 114 cm³/mol. The second-order valence-corrected chi connectivity index (χ2v) is 7.92. The molecule has 2 heterocycles. The highest BCUT2D eigenvalue weighted by atomic mass is 19.1. The first-order valence-corrected chi connectivity index (χ1v) is 10.4. The standard InChI is InChI=1S/C24H27FN2O3/c25-20-7-5-18(6-8-20)15-27-16-22(21-3-1-2-4-23(21)27)19-9-11-26(12-10-19)13-14-30-17-24(28)29/h1-8,16,19H,9-15,17H2,(H,28,29). The first-order valence-electron chi connectivity index (χ1n) is 10.4. The van der Waals surface area contributed by atoms with Gasteiger partial charge < -0.3 is 19.3 Å². The van der Waals surface area contributed by atoms with Crippen molar-refractivity contribution in [2.24, 2.45) is 0 Å². The summed E-state index contributed by atoms with van der Waals surface area (Å²) >= 11 is 0. The molecule has 2 aromatic carbocycles. The van der Waals surface area contributed by atoms with E-state index in [0.717, 1.165) is 44.6 Å². The molecule has 1 fully saturated rings. The number of ether oxygens (including phenoxy) is 1. The fourth-order valence-corrected chi connectivity index (χ4v) is 4.34. The summed E-state index contributed by atoms with van der Waals surface area (Å²) in [5.41, 5.74) is 3.68. The first kappa shape index (κ1) is 20.6. The Morgan fingerprint density at radius 3 is 2.57 bits per heavy atom. The van der Waals surface area contributed by atoms with Gasteiger partial charge in [0, 0.05) is 30.2 Å². The summed E-state index contributed by atoms with van der Waals surface area (Å²) in [5, 5.41) is 9.94. The minimum Gasteiger partial charge on any atom is -0.480 e. The molecule has 0 atom stereocenters. The normalized spacial score (nSPS) is 15.6. The number of benzene rings is 2. The quantitative estimate of drug-likeness (QED) is 0.568. The van der Waals surface area contributed by atoms with Crippen molar-refractivity contribution in [3.05, 3.63) is 71.7 Å². The molecular formula is C24H27FN2O3. The van der Waals surface area contributed by atoms with Crippen molar-refractivity contribution in [1.82, 2.24) is 9.47 Å². The number of para-hydroxylation sites is 1. The van der Waals surface area contributed by atoms with Crippen molar-refractivity contribution in [1.29, 1.82) is 0 Å². The number of likely N-dealkylation sites (tertiary alicyclic amines) is 1. The van der Waals surface area contributed by atoms with Crippen molar-refractivity contribution < 1.29 is 19.0 Å². The van der Waals surface area contributed by atoms with Gasteiger partial charge in [-0.05, 0) is 61.2 Å². The number of piperidine rings is 1. The van der Waals surface area contributed by atoms with E-state index in [1.54, 1.807) is 0 Å². The average molecular weight is 410 g/mol. The molecule has 5 nitrogen and oxygen atoms in total. The van der Waals surface area contributed by atoms with Gasteiger partial charge >= 0.3 is 5.97 Å². The Morgan fingerprint density at radius 1 is 1.10 bits per heavy atom. The van der Waals surface area contributed by atoms with Gasteiger partial charge in [0.1, 0.15) is 12.4 Å². The van der Waals surface area contributed by atoms with Crippen LogP contribution >= 0.6 is 0 Å². The molecule has 4 rings (SSSR count). The number of carboxylic acids is 1. The summed E-state index contributed by atoms with van der Waals surface area (Å²) in [6, 6.07) is 15.2. The predicted octanol–water partition coefficient (Wildman–Crippen LogP) is 4.11. The molecule has 0 radical (unpaired) electrons. The largest absolute Gasteiger partial charge is 0.480 e. The summed E-state index contributed by atoms with van der Waals surface area (Å²) in [6.07, 6.45) is 4.41. The molecule has 30 heavy (non-hydrogen) atoms. The molecule has 0 saturated carbocycles. The zero-order valence-corrected chi connectivity index (χ0v) is 17.0. The third-order valence-corrected chi connectivity index (χ3v) is 5.89. The molecule has 0 amide bonds. The summed E-state index contributed by atoms with van der Waals surface area (Å²) < 4.78 is 20.7. The molecular weight excluding hydrogens is 383 g/mol. The highest BCUT2D eigenvalue weighted by Crippen LogP contribution is 2.34. The SMILES string of the molecule is O=C(O)COCCN1CCC(c2cn(Cc3ccc(F)cc3)c3ccccc23)CC1. The van der Waals surface area contributed by atoms with E-state index in [1.807, 2.05) is 12.1 Å². The lowest BCUT2D eigenvalue weighted by atomic mass is 9.89. The van der Waals surface area contributed by atoms with Crippen molar-refractivity contribution >= 4 is 16.9 Å². The number of nitrogens with zero attached hydrogens (tertiary/aromatic N) is 2. The van der Waals surface area contributed by atoms with Gasteiger partial charge in [0.05, 0.1) is 6.61 Å². The number of fused-ring (bicyclic) bond motifs is 1. The zero-order valence-electron chi connectivity index (χ0n) is 17.0. The highest BCUT2D eigenvalue weighted by Gasteiger charge is 2.23. The van der Waals surface area contributed by atoms with E-state index in [4.69, 9.17) is 9.84 Å². The summed E-state index contributed by atoms with van der Waals surface area (Å²) in [6.45, 7) is 3.68. The number of carbonyl (C=O) groups is 1. The highest BCUT2D eigenvalue weighted by molar-refractivity contribution is 5.84. The van der Waals surface area contributed by atoms with Crippen LogP contribution in [0.25, 0.3) is 10.9 Å². The van der Waals surface area contributed by atoms with Crippen LogP contribution in [0, 0.1) is 5.82 Å².